The van der Waals surface area contributed by atoms with E-state index in [1.165, 1.54) is 10.5 Å². The maximum atomic E-state index is 13.0. The predicted molar refractivity (Wildman–Crippen MR) is 110 cm³/mol. The van der Waals surface area contributed by atoms with E-state index in [0.717, 1.165) is 11.1 Å². The van der Waals surface area contributed by atoms with Gasteiger partial charge in [0, 0.05) is 6.54 Å². The van der Waals surface area contributed by atoms with Crippen LogP contribution in [0.3, 0.4) is 0 Å². The standard InChI is InChI=1S/C23H25NO4/c1-15-5-10-19-18(13-15)24(12-11-21(25)26)22(27)20(28-19)14-16-6-8-17(9-7-16)23(2,3)4/h5-10,13-14H,11-12H2,1-4H3,(H,25,26)/b20-14+. The van der Waals surface area contributed by atoms with Gasteiger partial charge >= 0.3 is 5.97 Å². The summed E-state index contributed by atoms with van der Waals surface area (Å²) in [4.78, 5) is 25.5. The van der Waals surface area contributed by atoms with Gasteiger partial charge in [0.05, 0.1) is 12.1 Å². The molecule has 0 saturated carbocycles. The first-order chi connectivity index (χ1) is 13.1. The van der Waals surface area contributed by atoms with E-state index in [9.17, 15) is 9.59 Å². The summed E-state index contributed by atoms with van der Waals surface area (Å²) < 4.78 is 5.86. The van der Waals surface area contributed by atoms with Crippen molar-refractivity contribution in [2.45, 2.75) is 39.5 Å². The predicted octanol–water partition coefficient (Wildman–Crippen LogP) is 4.53. The van der Waals surface area contributed by atoms with Gasteiger partial charge in [-0.15, -0.1) is 0 Å². The molecule has 5 nitrogen and oxygen atoms in total. The molecule has 28 heavy (non-hydrogen) atoms. The van der Waals surface area contributed by atoms with Crippen LogP contribution in [0.25, 0.3) is 6.08 Å². The number of anilines is 1. The van der Waals surface area contributed by atoms with Crippen molar-refractivity contribution >= 4 is 23.6 Å². The Labute approximate surface area is 165 Å². The van der Waals surface area contributed by atoms with E-state index in [1.807, 2.05) is 43.3 Å². The van der Waals surface area contributed by atoms with E-state index < -0.39 is 5.97 Å². The SMILES string of the molecule is Cc1ccc2c(c1)N(CCC(=O)O)C(=O)/C(=C\c1ccc(C(C)(C)C)cc1)O2. The van der Waals surface area contributed by atoms with Gasteiger partial charge in [-0.2, -0.15) is 0 Å². The van der Waals surface area contributed by atoms with Crippen LogP contribution in [0.1, 0.15) is 43.9 Å². The third-order valence-corrected chi connectivity index (χ3v) is 4.70. The van der Waals surface area contributed by atoms with E-state index >= 15 is 0 Å². The molecule has 3 rings (SSSR count). The zero-order valence-electron chi connectivity index (χ0n) is 16.7. The van der Waals surface area contributed by atoms with E-state index in [2.05, 4.69) is 20.8 Å². The number of amides is 1. The summed E-state index contributed by atoms with van der Waals surface area (Å²) in [6.45, 7) is 8.45. The third-order valence-electron chi connectivity index (χ3n) is 4.70. The Kier molecular flexibility index (Phi) is 5.27. The average molecular weight is 379 g/mol. The van der Waals surface area contributed by atoms with Gasteiger partial charge in [0.25, 0.3) is 5.91 Å². The van der Waals surface area contributed by atoms with Crippen molar-refractivity contribution in [1.29, 1.82) is 0 Å². The van der Waals surface area contributed by atoms with Crippen LogP contribution >= 0.6 is 0 Å². The Morgan fingerprint density at radius 3 is 2.43 bits per heavy atom. The monoisotopic (exact) mass is 379 g/mol. The summed E-state index contributed by atoms with van der Waals surface area (Å²) in [5.74, 6) is -0.547. The summed E-state index contributed by atoms with van der Waals surface area (Å²) in [6, 6.07) is 13.5. The Morgan fingerprint density at radius 1 is 1.14 bits per heavy atom. The van der Waals surface area contributed by atoms with Gasteiger partial charge in [0.2, 0.25) is 0 Å². The van der Waals surface area contributed by atoms with E-state index in [1.54, 1.807) is 12.1 Å². The highest BCUT2D eigenvalue weighted by atomic mass is 16.5. The molecule has 2 aromatic rings. The van der Waals surface area contributed by atoms with Crippen molar-refractivity contribution in [2.75, 3.05) is 11.4 Å². The van der Waals surface area contributed by atoms with Crippen LogP contribution in [-0.2, 0) is 15.0 Å². The number of hydrogen-bond donors (Lipinski definition) is 1. The van der Waals surface area contributed by atoms with Crippen LogP contribution in [0.4, 0.5) is 5.69 Å². The minimum atomic E-state index is -0.947. The van der Waals surface area contributed by atoms with Crippen LogP contribution < -0.4 is 9.64 Å². The number of ether oxygens (including phenoxy) is 1. The number of aliphatic carboxylic acids is 1. The summed E-state index contributed by atoms with van der Waals surface area (Å²) in [6.07, 6.45) is 1.57. The maximum absolute atomic E-state index is 13.0. The fourth-order valence-electron chi connectivity index (χ4n) is 3.08. The fourth-order valence-corrected chi connectivity index (χ4v) is 3.08. The number of carbonyl (C=O) groups excluding carboxylic acids is 1. The summed E-state index contributed by atoms with van der Waals surface area (Å²) >= 11 is 0. The lowest BCUT2D eigenvalue weighted by Gasteiger charge is -2.30. The molecule has 0 spiro atoms. The second kappa shape index (κ2) is 7.50. The maximum Gasteiger partial charge on any atom is 0.305 e. The van der Waals surface area contributed by atoms with Crippen molar-refractivity contribution in [3.05, 3.63) is 64.9 Å². The molecule has 0 bridgehead atoms. The molecule has 1 amide bonds. The smallest absolute Gasteiger partial charge is 0.305 e. The Bertz CT molecular complexity index is 936. The molecule has 0 fully saturated rings. The van der Waals surface area contributed by atoms with Crippen LogP contribution in [0.15, 0.2) is 48.2 Å². The molecule has 1 aliphatic rings. The zero-order valence-corrected chi connectivity index (χ0v) is 16.7. The van der Waals surface area contributed by atoms with Crippen LogP contribution in [0.5, 0.6) is 5.75 Å². The highest BCUT2D eigenvalue weighted by Crippen LogP contribution is 2.36. The van der Waals surface area contributed by atoms with E-state index in [0.29, 0.717) is 11.4 Å². The topological polar surface area (TPSA) is 66.8 Å². The van der Waals surface area contributed by atoms with Gasteiger partial charge in [-0.3, -0.25) is 9.59 Å². The molecule has 0 radical (unpaired) electrons. The van der Waals surface area contributed by atoms with E-state index in [-0.39, 0.29) is 30.0 Å². The van der Waals surface area contributed by atoms with Crippen LogP contribution in [-0.4, -0.2) is 23.5 Å². The van der Waals surface area contributed by atoms with E-state index in [4.69, 9.17) is 9.84 Å². The molecular weight excluding hydrogens is 354 g/mol. The zero-order chi connectivity index (χ0) is 20.5. The number of hydrogen-bond acceptors (Lipinski definition) is 3. The van der Waals surface area contributed by atoms with Crippen molar-refractivity contribution < 1.29 is 19.4 Å². The molecular formula is C23H25NO4. The molecule has 0 saturated heterocycles. The number of carboxylic acid groups (broad SMARTS) is 1. The van der Waals surface area contributed by atoms with Crippen molar-refractivity contribution in [3.63, 3.8) is 0 Å². The summed E-state index contributed by atoms with van der Waals surface area (Å²) in [5, 5.41) is 9.04. The lowest BCUT2D eigenvalue weighted by molar-refractivity contribution is -0.136. The van der Waals surface area contributed by atoms with Gasteiger partial charge in [0.15, 0.2) is 11.5 Å². The molecule has 0 atom stereocenters. The average Bonchev–Trinajstić information content (AvgIpc) is 2.62. The quantitative estimate of drug-likeness (QED) is 0.793. The minimum Gasteiger partial charge on any atom is -0.481 e. The molecule has 0 unspecified atom stereocenters. The molecule has 1 N–H and O–H groups in total. The van der Waals surface area contributed by atoms with Crippen molar-refractivity contribution in [2.24, 2.45) is 0 Å². The Morgan fingerprint density at radius 2 is 1.82 bits per heavy atom. The summed E-state index contributed by atoms with van der Waals surface area (Å²) in [5.41, 5.74) is 3.68. The first-order valence-electron chi connectivity index (χ1n) is 9.29. The largest absolute Gasteiger partial charge is 0.481 e. The normalized spacial score (nSPS) is 15.4. The molecule has 5 heteroatoms. The molecule has 1 heterocycles. The number of carboxylic acids is 1. The number of fused-ring (bicyclic) bond motifs is 1. The molecule has 146 valence electrons. The molecule has 1 aliphatic heterocycles. The summed E-state index contributed by atoms with van der Waals surface area (Å²) in [7, 11) is 0. The number of benzene rings is 2. The second-order valence-corrected chi connectivity index (χ2v) is 8.05. The number of rotatable bonds is 4. The van der Waals surface area contributed by atoms with Crippen molar-refractivity contribution in [3.8, 4) is 5.75 Å². The highest BCUT2D eigenvalue weighted by Gasteiger charge is 2.30. The van der Waals surface area contributed by atoms with Crippen LogP contribution in [0, 0.1) is 6.92 Å². The number of nitrogens with zero attached hydrogens (tertiary/aromatic N) is 1. The first-order valence-corrected chi connectivity index (χ1v) is 9.29. The lowest BCUT2D eigenvalue weighted by Crippen LogP contribution is -2.38. The lowest BCUT2D eigenvalue weighted by atomic mass is 9.87. The highest BCUT2D eigenvalue weighted by molar-refractivity contribution is 6.10. The molecule has 0 aliphatic carbocycles. The van der Waals surface area contributed by atoms with Gasteiger partial charge in [-0.25, -0.2) is 0 Å². The van der Waals surface area contributed by atoms with Gasteiger partial charge in [-0.05, 0) is 47.2 Å². The molecule has 0 aromatic heterocycles. The Balaban J connectivity index is 1.95. The van der Waals surface area contributed by atoms with Crippen molar-refractivity contribution in [1.82, 2.24) is 0 Å². The Hall–Kier alpha value is -3.08. The number of aryl methyl sites for hydroxylation is 1. The van der Waals surface area contributed by atoms with Gasteiger partial charge in [-0.1, -0.05) is 51.1 Å². The second-order valence-electron chi connectivity index (χ2n) is 8.05. The fraction of sp³-hybridized carbons (Fsp3) is 0.304. The molecule has 2 aromatic carbocycles. The van der Waals surface area contributed by atoms with Crippen LogP contribution in [0.2, 0.25) is 0 Å². The third kappa shape index (κ3) is 4.25. The minimum absolute atomic E-state index is 0.0489. The van der Waals surface area contributed by atoms with Gasteiger partial charge < -0.3 is 14.7 Å². The van der Waals surface area contributed by atoms with Gasteiger partial charge in [0.1, 0.15) is 0 Å². The first kappa shape index (κ1) is 19.7. The number of carbonyl (C=O) groups is 2.